The molecule has 2 aliphatic rings. The van der Waals surface area contributed by atoms with Crippen molar-refractivity contribution >= 4 is 5.91 Å². The van der Waals surface area contributed by atoms with E-state index in [9.17, 15) is 4.79 Å². The Kier molecular flexibility index (Phi) is 6.49. The third-order valence-corrected chi connectivity index (χ3v) is 6.35. The quantitative estimate of drug-likeness (QED) is 0.843. The predicted octanol–water partition coefficient (Wildman–Crippen LogP) is 3.21. The number of methoxy groups -OCH3 is 1. The number of amides is 1. The van der Waals surface area contributed by atoms with Crippen molar-refractivity contribution in [1.29, 1.82) is 0 Å². The van der Waals surface area contributed by atoms with E-state index in [-0.39, 0.29) is 11.8 Å². The van der Waals surface area contributed by atoms with E-state index in [0.717, 1.165) is 63.2 Å². The van der Waals surface area contributed by atoms with Gasteiger partial charge in [-0.05, 0) is 49.9 Å². The van der Waals surface area contributed by atoms with Gasteiger partial charge in [0.1, 0.15) is 5.75 Å². The molecular formula is C23H32N4O2. The Labute approximate surface area is 173 Å². The molecule has 0 radical (unpaired) electrons. The molecule has 6 heteroatoms. The molecule has 1 aromatic carbocycles. The molecule has 1 aromatic heterocycles. The molecule has 29 heavy (non-hydrogen) atoms. The summed E-state index contributed by atoms with van der Waals surface area (Å²) >= 11 is 0. The number of benzene rings is 1. The Bertz CT molecular complexity index is 805. The summed E-state index contributed by atoms with van der Waals surface area (Å²) < 4.78 is 7.65. The van der Waals surface area contributed by atoms with Gasteiger partial charge in [0, 0.05) is 37.1 Å². The van der Waals surface area contributed by atoms with Crippen LogP contribution < -0.4 is 10.1 Å². The van der Waals surface area contributed by atoms with E-state index in [4.69, 9.17) is 4.74 Å². The standard InChI is InChI=1S/C23H32N4O2/c1-29-22-9-8-18(14-19(22)16-26-13-11-24-17-26)15-27-12-4-2-3-10-25-23(28)20-6-5-7-21(20)27/h8-9,11,13-14,17,20-21H,2-7,10,12,15-16H2,1H3,(H,25,28). The van der Waals surface area contributed by atoms with Gasteiger partial charge in [-0.25, -0.2) is 4.98 Å². The molecule has 1 aliphatic carbocycles. The Morgan fingerprint density at radius 1 is 1.17 bits per heavy atom. The summed E-state index contributed by atoms with van der Waals surface area (Å²) in [5, 5.41) is 3.17. The molecule has 156 valence electrons. The zero-order valence-electron chi connectivity index (χ0n) is 17.3. The normalized spacial score (nSPS) is 23.4. The van der Waals surface area contributed by atoms with E-state index in [1.807, 2.05) is 12.5 Å². The van der Waals surface area contributed by atoms with Crippen LogP contribution in [0.25, 0.3) is 0 Å². The van der Waals surface area contributed by atoms with Crippen molar-refractivity contribution < 1.29 is 9.53 Å². The fraction of sp³-hybridized carbons (Fsp3) is 0.565. The fourth-order valence-corrected chi connectivity index (χ4v) is 4.87. The minimum absolute atomic E-state index is 0.136. The number of carbonyl (C=O) groups is 1. The molecule has 6 nitrogen and oxygen atoms in total. The van der Waals surface area contributed by atoms with Crippen LogP contribution in [-0.4, -0.2) is 46.6 Å². The van der Waals surface area contributed by atoms with Crippen molar-refractivity contribution in [2.24, 2.45) is 5.92 Å². The number of imidazole rings is 1. The molecule has 1 N–H and O–H groups in total. The van der Waals surface area contributed by atoms with Gasteiger partial charge in [0.05, 0.1) is 25.9 Å². The number of nitrogens with one attached hydrogen (secondary N) is 1. The highest BCUT2D eigenvalue weighted by atomic mass is 16.5. The number of hydrogen-bond acceptors (Lipinski definition) is 4. The molecule has 2 unspecified atom stereocenters. The minimum Gasteiger partial charge on any atom is -0.496 e. The van der Waals surface area contributed by atoms with Crippen molar-refractivity contribution in [1.82, 2.24) is 19.8 Å². The van der Waals surface area contributed by atoms with Crippen LogP contribution in [0.2, 0.25) is 0 Å². The summed E-state index contributed by atoms with van der Waals surface area (Å²) in [5.74, 6) is 1.30. The molecule has 2 aromatic rings. The highest BCUT2D eigenvalue weighted by Gasteiger charge is 2.36. The number of nitrogens with zero attached hydrogens (tertiary/aromatic N) is 3. The Hall–Kier alpha value is -2.34. The molecule has 2 fully saturated rings. The third-order valence-electron chi connectivity index (χ3n) is 6.35. The number of fused-ring (bicyclic) bond motifs is 1. The molecule has 2 heterocycles. The Balaban J connectivity index is 1.54. The van der Waals surface area contributed by atoms with Gasteiger partial charge in [0.25, 0.3) is 0 Å². The largest absolute Gasteiger partial charge is 0.496 e. The SMILES string of the molecule is COc1ccc(CN2CCCCCNC(=O)C3CCCC32)cc1Cn1ccnc1. The first-order valence-electron chi connectivity index (χ1n) is 10.9. The lowest BCUT2D eigenvalue weighted by atomic mass is 9.98. The lowest BCUT2D eigenvalue weighted by Gasteiger charge is -2.33. The average molecular weight is 397 g/mol. The van der Waals surface area contributed by atoms with E-state index in [1.54, 1.807) is 13.3 Å². The van der Waals surface area contributed by atoms with Gasteiger partial charge >= 0.3 is 0 Å². The van der Waals surface area contributed by atoms with Gasteiger partial charge < -0.3 is 14.6 Å². The van der Waals surface area contributed by atoms with Crippen molar-refractivity contribution in [3.05, 3.63) is 48.0 Å². The first-order chi connectivity index (χ1) is 14.2. The first-order valence-corrected chi connectivity index (χ1v) is 10.9. The number of aromatic nitrogens is 2. The molecule has 1 amide bonds. The lowest BCUT2D eigenvalue weighted by molar-refractivity contribution is -0.126. The van der Waals surface area contributed by atoms with Crippen LogP contribution in [0.1, 0.15) is 49.7 Å². The lowest BCUT2D eigenvalue weighted by Crippen LogP contribution is -2.45. The summed E-state index contributed by atoms with van der Waals surface area (Å²) in [4.78, 5) is 19.4. The number of hydrogen-bond donors (Lipinski definition) is 1. The summed E-state index contributed by atoms with van der Waals surface area (Å²) in [7, 11) is 1.72. The second kappa shape index (κ2) is 9.44. The van der Waals surface area contributed by atoms with Gasteiger partial charge in [-0.3, -0.25) is 9.69 Å². The van der Waals surface area contributed by atoms with Crippen LogP contribution in [-0.2, 0) is 17.9 Å². The molecule has 0 bridgehead atoms. The molecule has 1 saturated heterocycles. The van der Waals surface area contributed by atoms with Gasteiger partial charge in [0.15, 0.2) is 0 Å². The third kappa shape index (κ3) is 4.81. The molecule has 2 atom stereocenters. The fourth-order valence-electron chi connectivity index (χ4n) is 4.87. The van der Waals surface area contributed by atoms with Crippen LogP contribution in [0.3, 0.4) is 0 Å². The topological polar surface area (TPSA) is 59.4 Å². The second-order valence-electron chi connectivity index (χ2n) is 8.31. The van der Waals surface area contributed by atoms with E-state index in [1.165, 1.54) is 18.4 Å². The summed E-state index contributed by atoms with van der Waals surface area (Å²) in [5.41, 5.74) is 2.44. The number of rotatable bonds is 5. The van der Waals surface area contributed by atoms with E-state index >= 15 is 0 Å². The highest BCUT2D eigenvalue weighted by Crippen LogP contribution is 2.32. The van der Waals surface area contributed by atoms with Gasteiger partial charge in [0.2, 0.25) is 5.91 Å². The van der Waals surface area contributed by atoms with E-state index in [0.29, 0.717) is 6.04 Å². The summed E-state index contributed by atoms with van der Waals surface area (Å²) in [6.07, 6.45) is 12.3. The zero-order valence-corrected chi connectivity index (χ0v) is 17.3. The maximum Gasteiger partial charge on any atom is 0.224 e. The highest BCUT2D eigenvalue weighted by molar-refractivity contribution is 5.79. The molecular weight excluding hydrogens is 364 g/mol. The van der Waals surface area contributed by atoms with Gasteiger partial charge in [-0.2, -0.15) is 0 Å². The maximum absolute atomic E-state index is 12.7. The Morgan fingerprint density at radius 2 is 2.10 bits per heavy atom. The average Bonchev–Trinajstić information content (AvgIpc) is 3.41. The van der Waals surface area contributed by atoms with Crippen LogP contribution in [0.15, 0.2) is 36.9 Å². The number of ether oxygens (including phenoxy) is 1. The van der Waals surface area contributed by atoms with Crippen LogP contribution in [0.4, 0.5) is 0 Å². The van der Waals surface area contributed by atoms with Crippen molar-refractivity contribution in [3.8, 4) is 5.75 Å². The van der Waals surface area contributed by atoms with E-state index < -0.39 is 0 Å². The Morgan fingerprint density at radius 3 is 2.93 bits per heavy atom. The zero-order chi connectivity index (χ0) is 20.1. The van der Waals surface area contributed by atoms with Crippen LogP contribution in [0, 0.1) is 5.92 Å². The predicted molar refractivity (Wildman–Crippen MR) is 113 cm³/mol. The van der Waals surface area contributed by atoms with E-state index in [2.05, 4.69) is 38.0 Å². The second-order valence-corrected chi connectivity index (χ2v) is 8.31. The summed E-state index contributed by atoms with van der Waals surface area (Å²) in [6, 6.07) is 6.84. The summed E-state index contributed by atoms with van der Waals surface area (Å²) in [6.45, 7) is 3.52. The van der Waals surface area contributed by atoms with Gasteiger partial charge in [-0.15, -0.1) is 0 Å². The number of carbonyl (C=O) groups excluding carboxylic acids is 1. The van der Waals surface area contributed by atoms with Crippen molar-refractivity contribution in [3.63, 3.8) is 0 Å². The molecule has 1 aliphatic heterocycles. The molecule has 4 rings (SSSR count). The first kappa shape index (κ1) is 20.0. The van der Waals surface area contributed by atoms with Gasteiger partial charge in [-0.1, -0.05) is 18.9 Å². The smallest absolute Gasteiger partial charge is 0.224 e. The van der Waals surface area contributed by atoms with Crippen LogP contribution in [0.5, 0.6) is 5.75 Å². The monoisotopic (exact) mass is 396 g/mol. The molecule has 0 spiro atoms. The van der Waals surface area contributed by atoms with Crippen molar-refractivity contribution in [2.75, 3.05) is 20.2 Å². The van der Waals surface area contributed by atoms with Crippen LogP contribution >= 0.6 is 0 Å². The minimum atomic E-state index is 0.136. The molecule has 1 saturated carbocycles. The van der Waals surface area contributed by atoms with Crippen molar-refractivity contribution in [2.45, 2.75) is 57.7 Å². The maximum atomic E-state index is 12.7.